The third-order valence-corrected chi connectivity index (χ3v) is 4.43. The molecule has 1 aromatic heterocycles. The zero-order valence-electron chi connectivity index (χ0n) is 12.8. The number of hydrogen-bond acceptors (Lipinski definition) is 2. The van der Waals surface area contributed by atoms with E-state index in [1.54, 1.807) is 18.3 Å². The van der Waals surface area contributed by atoms with Crippen LogP contribution in [0.5, 0.6) is 0 Å². The summed E-state index contributed by atoms with van der Waals surface area (Å²) in [7, 11) is 0. The molecule has 1 heterocycles. The molecule has 1 aromatic carbocycles. The van der Waals surface area contributed by atoms with Crippen LogP contribution in [0.1, 0.15) is 44.0 Å². The molecule has 2 aromatic rings. The predicted octanol–water partition coefficient (Wildman–Crippen LogP) is 4.10. The van der Waals surface area contributed by atoms with Crippen LogP contribution in [0.2, 0.25) is 0 Å². The van der Waals surface area contributed by atoms with Gasteiger partial charge in [-0.25, -0.2) is 14.2 Å². The highest BCUT2D eigenvalue weighted by Gasteiger charge is 2.28. The molecule has 23 heavy (non-hydrogen) atoms. The van der Waals surface area contributed by atoms with E-state index in [9.17, 15) is 9.18 Å². The number of nitrogens with zero attached hydrogens (tertiary/aromatic N) is 1. The van der Waals surface area contributed by atoms with E-state index < -0.39 is 6.09 Å². The normalized spacial score (nSPS) is 16.9. The van der Waals surface area contributed by atoms with E-state index in [2.05, 4.69) is 15.3 Å². The van der Waals surface area contributed by atoms with Crippen molar-refractivity contribution < 1.29 is 14.3 Å². The second kappa shape index (κ2) is 6.81. The van der Waals surface area contributed by atoms with Crippen molar-refractivity contribution in [2.24, 2.45) is 5.92 Å². The van der Waals surface area contributed by atoms with Gasteiger partial charge in [-0.1, -0.05) is 19.3 Å². The zero-order chi connectivity index (χ0) is 16.2. The second-order valence-electron chi connectivity index (χ2n) is 6.00. The van der Waals surface area contributed by atoms with Gasteiger partial charge in [0.25, 0.3) is 0 Å². The van der Waals surface area contributed by atoms with E-state index in [-0.39, 0.29) is 17.8 Å². The molecule has 1 saturated carbocycles. The summed E-state index contributed by atoms with van der Waals surface area (Å²) in [5.41, 5.74) is 1.49. The first-order valence-electron chi connectivity index (χ1n) is 7.94. The Morgan fingerprint density at radius 1 is 1.26 bits per heavy atom. The van der Waals surface area contributed by atoms with Gasteiger partial charge < -0.3 is 15.4 Å². The first-order valence-corrected chi connectivity index (χ1v) is 7.94. The first-order chi connectivity index (χ1) is 11.1. The minimum absolute atomic E-state index is 0.257. The van der Waals surface area contributed by atoms with Crippen LogP contribution in [0, 0.1) is 11.7 Å². The third-order valence-electron chi connectivity index (χ3n) is 4.43. The summed E-state index contributed by atoms with van der Waals surface area (Å²) in [6, 6.07) is 5.77. The van der Waals surface area contributed by atoms with E-state index in [0.717, 1.165) is 31.2 Å². The van der Waals surface area contributed by atoms with Gasteiger partial charge in [0.1, 0.15) is 11.6 Å². The number of carboxylic acid groups (broad SMARTS) is 1. The summed E-state index contributed by atoms with van der Waals surface area (Å²) < 4.78 is 13.0. The molecule has 1 atom stereocenters. The molecule has 0 radical (unpaired) electrons. The van der Waals surface area contributed by atoms with Crippen molar-refractivity contribution in [1.29, 1.82) is 0 Å². The van der Waals surface area contributed by atoms with E-state index >= 15 is 0 Å². The maximum absolute atomic E-state index is 13.0. The molecule has 0 unspecified atom stereocenters. The molecule has 0 bridgehead atoms. The van der Waals surface area contributed by atoms with Gasteiger partial charge in [0.15, 0.2) is 0 Å². The molecule has 0 saturated heterocycles. The van der Waals surface area contributed by atoms with Crippen LogP contribution in [0.25, 0.3) is 11.3 Å². The van der Waals surface area contributed by atoms with E-state index in [0.29, 0.717) is 11.5 Å². The summed E-state index contributed by atoms with van der Waals surface area (Å²) in [6.07, 6.45) is 6.13. The number of halogens is 1. The minimum Gasteiger partial charge on any atom is -0.465 e. The van der Waals surface area contributed by atoms with E-state index in [1.807, 2.05) is 0 Å². The first kappa shape index (κ1) is 15.5. The summed E-state index contributed by atoms with van der Waals surface area (Å²) >= 11 is 0. The monoisotopic (exact) mass is 317 g/mol. The SMILES string of the molecule is O=C(O)N[C@H](c1nc(-c2ccc(F)cc2)c[nH]1)C1CCCCC1. The lowest BCUT2D eigenvalue weighted by Crippen LogP contribution is -2.34. The van der Waals surface area contributed by atoms with Crippen molar-refractivity contribution in [2.45, 2.75) is 38.1 Å². The molecule has 0 aliphatic heterocycles. The number of amides is 1. The summed E-state index contributed by atoms with van der Waals surface area (Å²) in [4.78, 5) is 18.8. The van der Waals surface area contributed by atoms with Crippen LogP contribution in [0.15, 0.2) is 30.5 Å². The van der Waals surface area contributed by atoms with Crippen LogP contribution in [0.3, 0.4) is 0 Å². The van der Waals surface area contributed by atoms with Crippen LogP contribution in [-0.4, -0.2) is 21.2 Å². The lowest BCUT2D eigenvalue weighted by molar-refractivity contribution is 0.177. The van der Waals surface area contributed by atoms with Gasteiger partial charge in [-0.2, -0.15) is 0 Å². The molecule has 6 heteroatoms. The Hall–Kier alpha value is -2.37. The van der Waals surface area contributed by atoms with Crippen molar-refractivity contribution in [3.05, 3.63) is 42.1 Å². The van der Waals surface area contributed by atoms with Crippen molar-refractivity contribution in [1.82, 2.24) is 15.3 Å². The van der Waals surface area contributed by atoms with Crippen molar-refractivity contribution in [2.75, 3.05) is 0 Å². The zero-order valence-corrected chi connectivity index (χ0v) is 12.8. The van der Waals surface area contributed by atoms with Gasteiger partial charge in [0.2, 0.25) is 0 Å². The lowest BCUT2D eigenvalue weighted by atomic mass is 9.83. The molecular formula is C17H20FN3O2. The van der Waals surface area contributed by atoms with Crippen molar-refractivity contribution in [3.8, 4) is 11.3 Å². The van der Waals surface area contributed by atoms with Crippen LogP contribution >= 0.6 is 0 Å². The molecule has 1 amide bonds. The highest BCUT2D eigenvalue weighted by Crippen LogP contribution is 2.34. The van der Waals surface area contributed by atoms with Gasteiger partial charge in [-0.05, 0) is 43.0 Å². The number of carbonyl (C=O) groups is 1. The maximum atomic E-state index is 13.0. The average Bonchev–Trinajstić information content (AvgIpc) is 3.03. The summed E-state index contributed by atoms with van der Waals surface area (Å²) in [5.74, 6) is 0.586. The highest BCUT2D eigenvalue weighted by atomic mass is 19.1. The molecule has 0 spiro atoms. The number of rotatable bonds is 4. The van der Waals surface area contributed by atoms with Gasteiger partial charge in [-0.3, -0.25) is 0 Å². The average molecular weight is 317 g/mol. The fourth-order valence-electron chi connectivity index (χ4n) is 3.27. The van der Waals surface area contributed by atoms with Gasteiger partial charge >= 0.3 is 6.09 Å². The quantitative estimate of drug-likeness (QED) is 0.794. The van der Waals surface area contributed by atoms with Crippen molar-refractivity contribution in [3.63, 3.8) is 0 Å². The smallest absolute Gasteiger partial charge is 0.405 e. The fraction of sp³-hybridized carbons (Fsp3) is 0.412. The van der Waals surface area contributed by atoms with E-state index in [1.165, 1.54) is 18.6 Å². The number of aromatic amines is 1. The summed E-state index contributed by atoms with van der Waals surface area (Å²) in [5, 5.41) is 11.7. The maximum Gasteiger partial charge on any atom is 0.405 e. The fourth-order valence-corrected chi connectivity index (χ4v) is 3.27. The molecule has 1 aliphatic rings. The van der Waals surface area contributed by atoms with Crippen LogP contribution < -0.4 is 5.32 Å². The molecule has 122 valence electrons. The number of hydrogen-bond donors (Lipinski definition) is 3. The number of H-pyrrole nitrogens is 1. The van der Waals surface area contributed by atoms with Crippen molar-refractivity contribution >= 4 is 6.09 Å². The molecule has 3 N–H and O–H groups in total. The number of nitrogens with one attached hydrogen (secondary N) is 2. The standard InChI is InChI=1S/C17H20FN3O2/c18-13-8-6-11(7-9-13)14-10-19-16(20-14)15(21-17(22)23)12-4-2-1-3-5-12/h6-10,12,15,21H,1-5H2,(H,19,20)(H,22,23)/t15-/m0/s1. The third kappa shape index (κ3) is 3.70. The summed E-state index contributed by atoms with van der Waals surface area (Å²) in [6.45, 7) is 0. The van der Waals surface area contributed by atoms with Gasteiger partial charge in [0.05, 0.1) is 11.7 Å². The lowest BCUT2D eigenvalue weighted by Gasteiger charge is -2.28. The van der Waals surface area contributed by atoms with E-state index in [4.69, 9.17) is 5.11 Å². The molecule has 1 fully saturated rings. The predicted molar refractivity (Wildman–Crippen MR) is 84.5 cm³/mol. The molecule has 3 rings (SSSR count). The number of benzene rings is 1. The van der Waals surface area contributed by atoms with Crippen LogP contribution in [0.4, 0.5) is 9.18 Å². The Morgan fingerprint density at radius 2 is 1.96 bits per heavy atom. The molecule has 1 aliphatic carbocycles. The number of aromatic nitrogens is 2. The Bertz CT molecular complexity index is 663. The Labute approximate surface area is 134 Å². The topological polar surface area (TPSA) is 78.0 Å². The highest BCUT2D eigenvalue weighted by molar-refractivity contribution is 5.65. The number of imidazole rings is 1. The second-order valence-corrected chi connectivity index (χ2v) is 6.00. The molecule has 5 nitrogen and oxygen atoms in total. The van der Waals surface area contributed by atoms with Gasteiger partial charge in [-0.15, -0.1) is 0 Å². The molecular weight excluding hydrogens is 297 g/mol. The largest absolute Gasteiger partial charge is 0.465 e. The van der Waals surface area contributed by atoms with Crippen LogP contribution in [-0.2, 0) is 0 Å². The Morgan fingerprint density at radius 3 is 2.61 bits per heavy atom. The van der Waals surface area contributed by atoms with Gasteiger partial charge in [0, 0.05) is 11.8 Å². The Kier molecular flexibility index (Phi) is 4.60. The minimum atomic E-state index is -1.04. The Balaban J connectivity index is 1.84.